The van der Waals surface area contributed by atoms with E-state index >= 15 is 0 Å². The van der Waals surface area contributed by atoms with Gasteiger partial charge in [0.05, 0.1) is 6.61 Å². The average Bonchev–Trinajstić information content (AvgIpc) is 2.30. The van der Waals surface area contributed by atoms with Crippen LogP contribution < -0.4 is 0 Å². The molecule has 0 saturated carbocycles. The monoisotopic (exact) mass is 189 g/mol. The van der Waals surface area contributed by atoms with Gasteiger partial charge in [0.1, 0.15) is 5.60 Å². The predicted octanol–water partition coefficient (Wildman–Crippen LogP) is 0.877. The summed E-state index contributed by atoms with van der Waals surface area (Å²) in [7, 11) is 0. The molecule has 1 aliphatic rings. The number of hydrogen-bond donors (Lipinski definition) is 1. The maximum atomic E-state index is 11.3. The van der Waals surface area contributed by atoms with Crippen molar-refractivity contribution in [2.24, 2.45) is 0 Å². The van der Waals surface area contributed by atoms with E-state index in [2.05, 4.69) is 0 Å². The van der Waals surface area contributed by atoms with Crippen LogP contribution in [0.4, 0.5) is 4.79 Å². The number of carbonyl (C=O) groups excluding carboxylic acids is 1. The minimum absolute atomic E-state index is 0.348. The lowest BCUT2D eigenvalue weighted by atomic mass is 10.2. The number of amides is 1. The second kappa shape index (κ2) is 3.51. The van der Waals surface area contributed by atoms with Gasteiger partial charge in [0.15, 0.2) is 6.23 Å². The van der Waals surface area contributed by atoms with Gasteiger partial charge in [-0.05, 0) is 20.8 Å². The molecule has 1 fully saturated rings. The number of aliphatic hydroxyl groups is 1. The second-order valence-electron chi connectivity index (χ2n) is 3.91. The maximum Gasteiger partial charge on any atom is 0.437 e. The Kier molecular flexibility index (Phi) is 2.77. The van der Waals surface area contributed by atoms with Crippen molar-refractivity contribution in [3.63, 3.8) is 0 Å². The molecule has 13 heavy (non-hydrogen) atoms. The van der Waals surface area contributed by atoms with Gasteiger partial charge in [-0.15, -0.1) is 0 Å². The lowest BCUT2D eigenvalue weighted by Gasteiger charge is -2.24. The number of carbonyl (C=O) groups is 1. The number of rotatable bonds is 0. The summed E-state index contributed by atoms with van der Waals surface area (Å²) in [5.41, 5.74) is -0.567. The highest BCUT2D eigenvalue weighted by Gasteiger charge is 2.32. The van der Waals surface area contributed by atoms with Gasteiger partial charge in [-0.3, -0.25) is 4.84 Å². The highest BCUT2D eigenvalue weighted by atomic mass is 16.8. The summed E-state index contributed by atoms with van der Waals surface area (Å²) < 4.78 is 4.99. The van der Waals surface area contributed by atoms with Gasteiger partial charge in [0.25, 0.3) is 0 Å². The van der Waals surface area contributed by atoms with Crippen LogP contribution in [0.25, 0.3) is 0 Å². The molecule has 0 aromatic heterocycles. The summed E-state index contributed by atoms with van der Waals surface area (Å²) in [6.45, 7) is 5.62. The fourth-order valence-electron chi connectivity index (χ4n) is 0.941. The van der Waals surface area contributed by atoms with Crippen molar-refractivity contribution in [3.05, 3.63) is 0 Å². The van der Waals surface area contributed by atoms with Crippen LogP contribution in [0, 0.1) is 0 Å². The minimum Gasteiger partial charge on any atom is -0.442 e. The van der Waals surface area contributed by atoms with E-state index in [1.807, 2.05) is 0 Å². The van der Waals surface area contributed by atoms with Crippen molar-refractivity contribution in [1.29, 1.82) is 0 Å². The average molecular weight is 189 g/mol. The van der Waals surface area contributed by atoms with Gasteiger partial charge in [-0.1, -0.05) is 0 Å². The van der Waals surface area contributed by atoms with Gasteiger partial charge < -0.3 is 9.84 Å². The fraction of sp³-hybridized carbons (Fsp3) is 0.875. The summed E-state index contributed by atoms with van der Waals surface area (Å²) in [4.78, 5) is 16.2. The zero-order valence-electron chi connectivity index (χ0n) is 8.11. The van der Waals surface area contributed by atoms with E-state index in [1.165, 1.54) is 0 Å². The zero-order valence-corrected chi connectivity index (χ0v) is 8.11. The normalized spacial score (nSPS) is 23.4. The molecule has 0 spiro atoms. The van der Waals surface area contributed by atoms with Crippen molar-refractivity contribution in [1.82, 2.24) is 5.06 Å². The van der Waals surface area contributed by atoms with E-state index in [0.29, 0.717) is 13.0 Å². The molecule has 1 N–H and O–H groups in total. The van der Waals surface area contributed by atoms with Crippen molar-refractivity contribution in [3.8, 4) is 0 Å². The number of nitrogens with zero attached hydrogens (tertiary/aromatic N) is 1. The van der Waals surface area contributed by atoms with Crippen LogP contribution in [0.2, 0.25) is 0 Å². The highest BCUT2D eigenvalue weighted by molar-refractivity contribution is 5.67. The van der Waals surface area contributed by atoms with Gasteiger partial charge >= 0.3 is 6.09 Å². The van der Waals surface area contributed by atoms with Gasteiger partial charge in [0.2, 0.25) is 0 Å². The van der Waals surface area contributed by atoms with E-state index in [1.54, 1.807) is 20.8 Å². The molecule has 1 atom stereocenters. The van der Waals surface area contributed by atoms with E-state index in [0.717, 1.165) is 5.06 Å². The first kappa shape index (κ1) is 10.3. The Labute approximate surface area is 77.2 Å². The van der Waals surface area contributed by atoms with E-state index in [9.17, 15) is 9.90 Å². The van der Waals surface area contributed by atoms with Crippen molar-refractivity contribution >= 4 is 6.09 Å². The van der Waals surface area contributed by atoms with Crippen LogP contribution in [0.5, 0.6) is 0 Å². The molecule has 5 nitrogen and oxygen atoms in total. The largest absolute Gasteiger partial charge is 0.442 e. The SMILES string of the molecule is CC(C)(C)OC(=O)N1OCC[C@@H]1O. The summed E-state index contributed by atoms with van der Waals surface area (Å²) in [6, 6.07) is 0. The summed E-state index contributed by atoms with van der Waals surface area (Å²) >= 11 is 0. The zero-order chi connectivity index (χ0) is 10.1. The lowest BCUT2D eigenvalue weighted by Crippen LogP contribution is -2.38. The third kappa shape index (κ3) is 2.86. The molecule has 1 saturated heterocycles. The molecule has 1 amide bonds. The van der Waals surface area contributed by atoms with Crippen LogP contribution in [0.1, 0.15) is 27.2 Å². The molecule has 1 aliphatic heterocycles. The van der Waals surface area contributed by atoms with E-state index in [-0.39, 0.29) is 0 Å². The molecule has 1 heterocycles. The van der Waals surface area contributed by atoms with Crippen molar-refractivity contribution < 1.29 is 19.5 Å². The maximum absolute atomic E-state index is 11.3. The first-order chi connectivity index (χ1) is 5.90. The molecule has 0 aliphatic carbocycles. The van der Waals surface area contributed by atoms with Crippen LogP contribution in [0.3, 0.4) is 0 Å². The molecule has 76 valence electrons. The molecular formula is C8H15NO4. The quantitative estimate of drug-likeness (QED) is 0.614. The molecule has 0 bridgehead atoms. The molecular weight excluding hydrogens is 174 g/mol. The van der Waals surface area contributed by atoms with Crippen LogP contribution in [-0.2, 0) is 9.57 Å². The summed E-state index contributed by atoms with van der Waals surface area (Å²) in [6.07, 6.45) is -1.09. The highest BCUT2D eigenvalue weighted by Crippen LogP contribution is 2.16. The van der Waals surface area contributed by atoms with Crippen molar-refractivity contribution in [2.45, 2.75) is 39.0 Å². The summed E-state index contributed by atoms with van der Waals surface area (Å²) in [5.74, 6) is 0. The molecule has 0 aromatic rings. The molecule has 0 aromatic carbocycles. The number of hydroxylamine groups is 2. The second-order valence-corrected chi connectivity index (χ2v) is 3.91. The Hall–Kier alpha value is -0.810. The molecule has 1 rings (SSSR count). The molecule has 5 heteroatoms. The van der Waals surface area contributed by atoms with Crippen LogP contribution in [0.15, 0.2) is 0 Å². The fourth-order valence-corrected chi connectivity index (χ4v) is 0.941. The topological polar surface area (TPSA) is 59.0 Å². The standard InChI is InChI=1S/C8H15NO4/c1-8(2,3)13-7(11)9-6(10)4-5-12-9/h6,10H,4-5H2,1-3H3/t6-/m0/s1. The third-order valence-corrected chi connectivity index (χ3v) is 1.45. The van der Waals surface area contributed by atoms with E-state index in [4.69, 9.17) is 9.57 Å². The number of hydrogen-bond acceptors (Lipinski definition) is 4. The van der Waals surface area contributed by atoms with Gasteiger partial charge in [0, 0.05) is 6.42 Å². The number of ether oxygens (including phenoxy) is 1. The Morgan fingerprint density at radius 1 is 1.62 bits per heavy atom. The van der Waals surface area contributed by atoms with E-state index < -0.39 is 17.9 Å². The minimum atomic E-state index is -0.880. The van der Waals surface area contributed by atoms with Gasteiger partial charge in [-0.2, -0.15) is 5.06 Å². The van der Waals surface area contributed by atoms with Crippen LogP contribution >= 0.6 is 0 Å². The Morgan fingerprint density at radius 2 is 2.23 bits per heavy atom. The lowest BCUT2D eigenvalue weighted by molar-refractivity contribution is -0.164. The first-order valence-corrected chi connectivity index (χ1v) is 4.23. The van der Waals surface area contributed by atoms with Crippen molar-refractivity contribution in [2.75, 3.05) is 6.61 Å². The Balaban J connectivity index is 2.48. The smallest absolute Gasteiger partial charge is 0.437 e. The predicted molar refractivity (Wildman–Crippen MR) is 44.6 cm³/mol. The molecule has 0 radical (unpaired) electrons. The Morgan fingerprint density at radius 3 is 2.62 bits per heavy atom. The first-order valence-electron chi connectivity index (χ1n) is 4.23. The molecule has 0 unspecified atom stereocenters. The van der Waals surface area contributed by atoms with Crippen LogP contribution in [-0.4, -0.2) is 34.7 Å². The summed E-state index contributed by atoms with van der Waals surface area (Å²) in [5, 5.41) is 10.1. The van der Waals surface area contributed by atoms with Gasteiger partial charge in [-0.25, -0.2) is 4.79 Å². The Bertz CT molecular complexity index is 199. The third-order valence-electron chi connectivity index (χ3n) is 1.45. The number of aliphatic hydroxyl groups excluding tert-OH is 1.